The van der Waals surface area contributed by atoms with E-state index in [1.165, 1.54) is 12.1 Å². The van der Waals surface area contributed by atoms with Crippen LogP contribution in [-0.4, -0.2) is 21.8 Å². The Labute approximate surface area is 106 Å². The molecule has 3 rings (SSSR count). The number of fused-ring (bicyclic) bond motifs is 1. The van der Waals surface area contributed by atoms with Crippen LogP contribution in [0.25, 0.3) is 0 Å². The van der Waals surface area contributed by atoms with E-state index < -0.39 is 17.8 Å². The molecule has 2 aromatic rings. The predicted octanol–water partition coefficient (Wildman–Crippen LogP) is 1.24. The van der Waals surface area contributed by atoms with Crippen LogP contribution in [0.2, 0.25) is 0 Å². The van der Waals surface area contributed by atoms with Gasteiger partial charge in [-0.1, -0.05) is 0 Å². The predicted molar refractivity (Wildman–Crippen MR) is 63.5 cm³/mol. The number of hydrogen-bond acceptors (Lipinski definition) is 5. The zero-order valence-corrected chi connectivity index (χ0v) is 9.48. The van der Waals surface area contributed by atoms with Crippen molar-refractivity contribution in [2.24, 2.45) is 0 Å². The van der Waals surface area contributed by atoms with Crippen molar-refractivity contribution < 1.29 is 14.0 Å². The molecular weight excluding hydrogens is 251 g/mol. The third-order valence-electron chi connectivity index (χ3n) is 2.64. The Bertz CT molecular complexity index is 702. The van der Waals surface area contributed by atoms with E-state index in [9.17, 15) is 14.0 Å². The fraction of sp³-hybridized carbons (Fsp3) is 0. The van der Waals surface area contributed by atoms with Crippen LogP contribution in [0.4, 0.5) is 15.9 Å². The zero-order valence-electron chi connectivity index (χ0n) is 9.48. The number of nitrogens with one attached hydrogen (secondary N) is 2. The second kappa shape index (κ2) is 4.13. The number of rotatable bonds is 2. The van der Waals surface area contributed by atoms with Crippen LogP contribution in [0.3, 0.4) is 0 Å². The fourth-order valence-corrected chi connectivity index (χ4v) is 1.80. The molecule has 0 saturated carbocycles. The first-order valence-corrected chi connectivity index (χ1v) is 5.38. The van der Waals surface area contributed by atoms with Gasteiger partial charge >= 0.3 is 0 Å². The number of halogens is 1. The number of benzene rings is 1. The van der Waals surface area contributed by atoms with E-state index in [4.69, 9.17) is 0 Å². The van der Waals surface area contributed by atoms with Crippen LogP contribution in [-0.2, 0) is 0 Å². The molecule has 0 bridgehead atoms. The first kappa shape index (κ1) is 11.3. The Morgan fingerprint density at radius 2 is 1.84 bits per heavy atom. The van der Waals surface area contributed by atoms with Crippen LogP contribution in [0, 0.1) is 5.95 Å². The third kappa shape index (κ3) is 2.01. The summed E-state index contributed by atoms with van der Waals surface area (Å²) in [5.74, 6) is -1.26. The molecule has 0 radical (unpaired) electrons. The van der Waals surface area contributed by atoms with Crippen LogP contribution < -0.4 is 10.6 Å². The van der Waals surface area contributed by atoms with Crippen molar-refractivity contribution in [2.45, 2.75) is 0 Å². The van der Waals surface area contributed by atoms with E-state index >= 15 is 0 Å². The molecule has 2 amide bonds. The minimum absolute atomic E-state index is 0.261. The van der Waals surface area contributed by atoms with E-state index in [1.807, 2.05) is 0 Å². The van der Waals surface area contributed by atoms with Gasteiger partial charge in [0.25, 0.3) is 11.8 Å². The average molecular weight is 258 g/mol. The quantitative estimate of drug-likeness (QED) is 0.625. The molecule has 94 valence electrons. The topological polar surface area (TPSA) is 84.0 Å². The number of carbonyl (C=O) groups is 2. The maximum Gasteiger partial charge on any atom is 0.259 e. The first-order valence-electron chi connectivity index (χ1n) is 5.38. The Kier molecular flexibility index (Phi) is 2.45. The highest BCUT2D eigenvalue weighted by Crippen LogP contribution is 2.22. The van der Waals surface area contributed by atoms with E-state index in [1.54, 1.807) is 6.07 Å². The summed E-state index contributed by atoms with van der Waals surface area (Å²) in [5, 5.41) is 5.02. The average Bonchev–Trinajstić information content (AvgIpc) is 2.65. The highest BCUT2D eigenvalue weighted by molar-refractivity contribution is 6.21. The molecule has 2 heterocycles. The van der Waals surface area contributed by atoms with Crippen LogP contribution in [0.15, 0.2) is 30.6 Å². The van der Waals surface area contributed by atoms with Crippen molar-refractivity contribution in [2.75, 3.05) is 5.32 Å². The molecule has 0 saturated heterocycles. The van der Waals surface area contributed by atoms with E-state index in [0.717, 1.165) is 12.4 Å². The summed E-state index contributed by atoms with van der Waals surface area (Å²) < 4.78 is 12.9. The summed E-state index contributed by atoms with van der Waals surface area (Å²) in [5.41, 5.74) is 1.13. The van der Waals surface area contributed by atoms with Gasteiger partial charge in [-0.25, -0.2) is 9.97 Å². The van der Waals surface area contributed by atoms with Crippen molar-refractivity contribution in [3.63, 3.8) is 0 Å². The van der Waals surface area contributed by atoms with Gasteiger partial charge in [-0.2, -0.15) is 4.39 Å². The Hall–Kier alpha value is -2.83. The summed E-state index contributed by atoms with van der Waals surface area (Å²) in [4.78, 5) is 30.0. The summed E-state index contributed by atoms with van der Waals surface area (Å²) in [7, 11) is 0. The fourth-order valence-electron chi connectivity index (χ4n) is 1.80. The van der Waals surface area contributed by atoms with Crippen molar-refractivity contribution in [3.05, 3.63) is 47.7 Å². The smallest absolute Gasteiger partial charge is 0.259 e. The minimum atomic E-state index is -0.661. The van der Waals surface area contributed by atoms with Gasteiger partial charge in [0.1, 0.15) is 12.1 Å². The van der Waals surface area contributed by atoms with Crippen LogP contribution in [0.1, 0.15) is 20.7 Å². The Morgan fingerprint density at radius 1 is 1.05 bits per heavy atom. The van der Waals surface area contributed by atoms with Gasteiger partial charge in [0.05, 0.1) is 11.1 Å². The van der Waals surface area contributed by atoms with E-state index in [-0.39, 0.29) is 11.4 Å². The molecule has 1 aromatic heterocycles. The molecule has 1 aromatic carbocycles. The molecule has 1 aliphatic heterocycles. The Morgan fingerprint density at radius 3 is 2.63 bits per heavy atom. The maximum atomic E-state index is 12.9. The van der Waals surface area contributed by atoms with Crippen molar-refractivity contribution in [1.29, 1.82) is 0 Å². The number of hydrogen-bond donors (Lipinski definition) is 2. The van der Waals surface area contributed by atoms with Crippen molar-refractivity contribution in [3.8, 4) is 0 Å². The SMILES string of the molecule is O=C1NC(=O)c2cc(Nc3cc(F)ncn3)ccc21. The molecule has 0 spiro atoms. The number of imide groups is 1. The van der Waals surface area contributed by atoms with Crippen molar-refractivity contribution >= 4 is 23.3 Å². The largest absolute Gasteiger partial charge is 0.340 e. The maximum absolute atomic E-state index is 12.9. The second-order valence-corrected chi connectivity index (χ2v) is 3.89. The highest BCUT2D eigenvalue weighted by Gasteiger charge is 2.26. The minimum Gasteiger partial charge on any atom is -0.340 e. The molecule has 1 aliphatic rings. The monoisotopic (exact) mass is 258 g/mol. The van der Waals surface area contributed by atoms with Crippen molar-refractivity contribution in [1.82, 2.24) is 15.3 Å². The number of carbonyl (C=O) groups excluding carboxylic acids is 2. The second-order valence-electron chi connectivity index (χ2n) is 3.89. The summed E-state index contributed by atoms with van der Waals surface area (Å²) in [6.07, 6.45) is 1.08. The van der Waals surface area contributed by atoms with Gasteiger partial charge in [0.15, 0.2) is 0 Å². The lowest BCUT2D eigenvalue weighted by molar-refractivity contribution is 0.0879. The molecular formula is C12H7FN4O2. The molecule has 0 atom stereocenters. The van der Waals surface area contributed by atoms with Gasteiger partial charge in [-0.3, -0.25) is 14.9 Å². The first-order chi connectivity index (χ1) is 9.13. The van der Waals surface area contributed by atoms with Gasteiger partial charge in [0.2, 0.25) is 5.95 Å². The summed E-state index contributed by atoms with van der Waals surface area (Å²) >= 11 is 0. The van der Waals surface area contributed by atoms with E-state index in [2.05, 4.69) is 20.6 Å². The summed E-state index contributed by atoms with van der Waals surface area (Å²) in [6.45, 7) is 0. The highest BCUT2D eigenvalue weighted by atomic mass is 19.1. The van der Waals surface area contributed by atoms with Gasteiger partial charge in [0, 0.05) is 11.8 Å². The van der Waals surface area contributed by atoms with Crippen LogP contribution >= 0.6 is 0 Å². The lowest BCUT2D eigenvalue weighted by Gasteiger charge is -2.05. The number of amides is 2. The number of nitrogens with zero attached hydrogens (tertiary/aromatic N) is 2. The number of aromatic nitrogens is 2. The molecule has 7 heteroatoms. The van der Waals surface area contributed by atoms with Gasteiger partial charge in [-0.05, 0) is 18.2 Å². The summed E-state index contributed by atoms with van der Waals surface area (Å²) in [6, 6.07) is 5.76. The normalized spacial score (nSPS) is 13.1. The molecule has 0 aliphatic carbocycles. The zero-order chi connectivity index (χ0) is 13.4. The third-order valence-corrected chi connectivity index (χ3v) is 2.64. The lowest BCUT2D eigenvalue weighted by Crippen LogP contribution is -2.19. The molecule has 19 heavy (non-hydrogen) atoms. The lowest BCUT2D eigenvalue weighted by atomic mass is 10.1. The molecule has 0 unspecified atom stereocenters. The molecule has 2 N–H and O–H groups in total. The Balaban J connectivity index is 1.93. The number of anilines is 2. The van der Waals surface area contributed by atoms with Crippen LogP contribution in [0.5, 0.6) is 0 Å². The molecule has 0 fully saturated rings. The van der Waals surface area contributed by atoms with Gasteiger partial charge in [-0.15, -0.1) is 0 Å². The molecule has 6 nitrogen and oxygen atoms in total. The van der Waals surface area contributed by atoms with E-state index in [0.29, 0.717) is 11.3 Å². The standard InChI is InChI=1S/C12H7FN4O2/c13-9-4-10(15-5-14-9)16-6-1-2-7-8(3-6)12(19)17-11(7)18/h1-5H,(H,14,15,16)(H,17,18,19). The van der Waals surface area contributed by atoms with Gasteiger partial charge < -0.3 is 5.32 Å².